The van der Waals surface area contributed by atoms with Gasteiger partial charge >= 0.3 is 6.09 Å². The molecule has 2 amide bonds. The SMILES string of the molecule is CC(C)(C)OC(=O)N1CCCC1CNC(=O)c1ccccn1. The van der Waals surface area contributed by atoms with Gasteiger partial charge in [-0.25, -0.2) is 4.79 Å². The Labute approximate surface area is 130 Å². The Kier molecular flexibility index (Phi) is 5.00. The first-order valence-corrected chi connectivity index (χ1v) is 7.56. The van der Waals surface area contributed by atoms with E-state index >= 15 is 0 Å². The topological polar surface area (TPSA) is 71.5 Å². The molecule has 1 aromatic heterocycles. The predicted molar refractivity (Wildman–Crippen MR) is 82.5 cm³/mol. The molecule has 120 valence electrons. The number of carbonyl (C=O) groups excluding carboxylic acids is 2. The molecule has 1 aliphatic rings. The highest BCUT2D eigenvalue weighted by molar-refractivity contribution is 5.92. The van der Waals surface area contributed by atoms with Crippen LogP contribution in [0.1, 0.15) is 44.1 Å². The van der Waals surface area contributed by atoms with E-state index in [2.05, 4.69) is 10.3 Å². The normalized spacial score (nSPS) is 18.1. The zero-order valence-electron chi connectivity index (χ0n) is 13.3. The van der Waals surface area contributed by atoms with Crippen molar-refractivity contribution in [3.05, 3.63) is 30.1 Å². The maximum atomic E-state index is 12.2. The van der Waals surface area contributed by atoms with Gasteiger partial charge in [-0.15, -0.1) is 0 Å². The molecule has 2 rings (SSSR count). The highest BCUT2D eigenvalue weighted by atomic mass is 16.6. The van der Waals surface area contributed by atoms with Crippen molar-refractivity contribution in [2.75, 3.05) is 13.1 Å². The van der Waals surface area contributed by atoms with Gasteiger partial charge < -0.3 is 15.0 Å². The first-order valence-electron chi connectivity index (χ1n) is 7.56. The lowest BCUT2D eigenvalue weighted by Crippen LogP contribution is -2.45. The maximum Gasteiger partial charge on any atom is 0.410 e. The molecule has 1 atom stereocenters. The first kappa shape index (κ1) is 16.3. The molecule has 1 unspecified atom stereocenters. The van der Waals surface area contributed by atoms with E-state index in [4.69, 9.17) is 4.74 Å². The van der Waals surface area contributed by atoms with Crippen LogP contribution in [0.5, 0.6) is 0 Å². The number of pyridine rings is 1. The summed E-state index contributed by atoms with van der Waals surface area (Å²) in [7, 11) is 0. The second-order valence-electron chi connectivity index (χ2n) is 6.39. The van der Waals surface area contributed by atoms with Crippen molar-refractivity contribution >= 4 is 12.0 Å². The third-order valence-electron chi connectivity index (χ3n) is 3.40. The van der Waals surface area contributed by atoms with Crippen LogP contribution >= 0.6 is 0 Å². The Bertz CT molecular complexity index is 525. The molecule has 0 aliphatic carbocycles. The van der Waals surface area contributed by atoms with Gasteiger partial charge in [0.25, 0.3) is 5.91 Å². The fourth-order valence-electron chi connectivity index (χ4n) is 2.41. The second-order valence-corrected chi connectivity index (χ2v) is 6.39. The molecule has 0 radical (unpaired) electrons. The molecule has 1 aromatic rings. The van der Waals surface area contributed by atoms with Crippen molar-refractivity contribution in [2.24, 2.45) is 0 Å². The van der Waals surface area contributed by atoms with E-state index in [1.54, 1.807) is 29.3 Å². The molecule has 1 aliphatic heterocycles. The van der Waals surface area contributed by atoms with Crippen LogP contribution in [0.3, 0.4) is 0 Å². The minimum absolute atomic E-state index is 0.0255. The molecule has 0 aromatic carbocycles. The average molecular weight is 305 g/mol. The summed E-state index contributed by atoms with van der Waals surface area (Å²) in [5.41, 5.74) is -0.133. The van der Waals surface area contributed by atoms with Crippen molar-refractivity contribution in [1.82, 2.24) is 15.2 Å². The quantitative estimate of drug-likeness (QED) is 0.929. The van der Waals surface area contributed by atoms with E-state index in [9.17, 15) is 9.59 Å². The molecule has 2 heterocycles. The van der Waals surface area contributed by atoms with E-state index in [1.807, 2.05) is 20.8 Å². The van der Waals surface area contributed by atoms with Crippen molar-refractivity contribution in [2.45, 2.75) is 45.3 Å². The van der Waals surface area contributed by atoms with E-state index < -0.39 is 5.60 Å². The van der Waals surface area contributed by atoms with Gasteiger partial charge in [0.2, 0.25) is 0 Å². The molecule has 22 heavy (non-hydrogen) atoms. The molecular formula is C16H23N3O3. The summed E-state index contributed by atoms with van der Waals surface area (Å²) < 4.78 is 5.41. The third kappa shape index (κ3) is 4.44. The van der Waals surface area contributed by atoms with Crippen LogP contribution in [0.4, 0.5) is 4.79 Å². The molecule has 0 saturated carbocycles. The Morgan fingerprint density at radius 2 is 2.18 bits per heavy atom. The van der Waals surface area contributed by atoms with Crippen LogP contribution in [0.15, 0.2) is 24.4 Å². The number of aromatic nitrogens is 1. The minimum Gasteiger partial charge on any atom is -0.444 e. The standard InChI is InChI=1S/C16H23N3O3/c1-16(2,3)22-15(21)19-10-6-7-12(19)11-18-14(20)13-8-4-5-9-17-13/h4-5,8-9,12H,6-7,10-11H2,1-3H3,(H,18,20). The smallest absolute Gasteiger partial charge is 0.410 e. The molecular weight excluding hydrogens is 282 g/mol. The summed E-state index contributed by atoms with van der Waals surface area (Å²) in [5, 5.41) is 2.84. The zero-order valence-corrected chi connectivity index (χ0v) is 13.3. The lowest BCUT2D eigenvalue weighted by atomic mass is 10.2. The largest absolute Gasteiger partial charge is 0.444 e. The van der Waals surface area contributed by atoms with Crippen molar-refractivity contribution < 1.29 is 14.3 Å². The average Bonchev–Trinajstić information content (AvgIpc) is 2.92. The molecule has 6 heteroatoms. The molecule has 0 bridgehead atoms. The second kappa shape index (κ2) is 6.77. The Hall–Kier alpha value is -2.11. The summed E-state index contributed by atoms with van der Waals surface area (Å²) in [4.78, 5) is 29.9. The van der Waals surface area contributed by atoms with Crippen LogP contribution in [0.25, 0.3) is 0 Å². The van der Waals surface area contributed by atoms with Crippen LogP contribution < -0.4 is 5.32 Å². The minimum atomic E-state index is -0.512. The van der Waals surface area contributed by atoms with E-state index in [0.29, 0.717) is 18.8 Å². The first-order chi connectivity index (χ1) is 10.4. The van der Waals surface area contributed by atoms with Gasteiger partial charge in [0, 0.05) is 19.3 Å². The van der Waals surface area contributed by atoms with Crippen molar-refractivity contribution in [3.8, 4) is 0 Å². The van der Waals surface area contributed by atoms with Crippen LogP contribution in [0, 0.1) is 0 Å². The molecule has 1 saturated heterocycles. The number of amides is 2. The lowest BCUT2D eigenvalue weighted by Gasteiger charge is -2.28. The zero-order chi connectivity index (χ0) is 16.2. The fraction of sp³-hybridized carbons (Fsp3) is 0.562. The van der Waals surface area contributed by atoms with Crippen LogP contribution in [-0.2, 0) is 4.74 Å². The summed E-state index contributed by atoms with van der Waals surface area (Å²) in [5.74, 6) is -0.225. The van der Waals surface area contributed by atoms with Gasteiger partial charge in [0.15, 0.2) is 0 Å². The van der Waals surface area contributed by atoms with Crippen molar-refractivity contribution in [1.29, 1.82) is 0 Å². The summed E-state index contributed by atoms with van der Waals surface area (Å²) in [6, 6.07) is 5.17. The summed E-state index contributed by atoms with van der Waals surface area (Å²) in [6.45, 7) is 6.62. The van der Waals surface area contributed by atoms with E-state index in [-0.39, 0.29) is 18.0 Å². The monoisotopic (exact) mass is 305 g/mol. The fourth-order valence-corrected chi connectivity index (χ4v) is 2.41. The highest BCUT2D eigenvalue weighted by Crippen LogP contribution is 2.20. The maximum absolute atomic E-state index is 12.2. The number of rotatable bonds is 3. The number of ether oxygens (including phenoxy) is 1. The summed E-state index contributed by atoms with van der Waals surface area (Å²) >= 11 is 0. The lowest BCUT2D eigenvalue weighted by molar-refractivity contribution is 0.0225. The number of carbonyl (C=O) groups is 2. The number of nitrogens with one attached hydrogen (secondary N) is 1. The molecule has 0 spiro atoms. The number of likely N-dealkylation sites (tertiary alicyclic amines) is 1. The summed E-state index contributed by atoms with van der Waals surface area (Å²) in [6.07, 6.45) is 3.05. The van der Waals surface area contributed by atoms with Gasteiger partial charge in [-0.2, -0.15) is 0 Å². The van der Waals surface area contributed by atoms with Gasteiger partial charge in [-0.05, 0) is 45.7 Å². The van der Waals surface area contributed by atoms with Crippen molar-refractivity contribution in [3.63, 3.8) is 0 Å². The molecule has 1 N–H and O–H groups in total. The van der Waals surface area contributed by atoms with E-state index in [1.165, 1.54) is 0 Å². The molecule has 1 fully saturated rings. The Morgan fingerprint density at radius 3 is 2.82 bits per heavy atom. The van der Waals surface area contributed by atoms with Gasteiger partial charge in [0.1, 0.15) is 11.3 Å². The third-order valence-corrected chi connectivity index (χ3v) is 3.40. The highest BCUT2D eigenvalue weighted by Gasteiger charge is 2.32. The number of nitrogens with zero attached hydrogens (tertiary/aromatic N) is 2. The van der Waals surface area contributed by atoms with E-state index in [0.717, 1.165) is 12.8 Å². The predicted octanol–water partition coefficient (Wildman–Crippen LogP) is 2.21. The van der Waals surface area contributed by atoms with Gasteiger partial charge in [0.05, 0.1) is 6.04 Å². The number of hydrogen-bond donors (Lipinski definition) is 1. The molecule has 6 nitrogen and oxygen atoms in total. The Morgan fingerprint density at radius 1 is 1.41 bits per heavy atom. The Balaban J connectivity index is 1.89. The van der Waals surface area contributed by atoms with Crippen LogP contribution in [0.2, 0.25) is 0 Å². The number of hydrogen-bond acceptors (Lipinski definition) is 4. The van der Waals surface area contributed by atoms with Gasteiger partial charge in [-0.3, -0.25) is 9.78 Å². The van der Waals surface area contributed by atoms with Gasteiger partial charge in [-0.1, -0.05) is 6.07 Å². The van der Waals surface area contributed by atoms with Crippen LogP contribution in [-0.4, -0.2) is 46.6 Å².